The zero-order valence-corrected chi connectivity index (χ0v) is 16.0. The molecule has 2 atom stereocenters. The molecule has 0 aromatic heterocycles. The first kappa shape index (κ1) is 21.1. The highest BCUT2D eigenvalue weighted by atomic mass is 16.6. The van der Waals surface area contributed by atoms with Crippen LogP contribution in [0.4, 0.5) is 0 Å². The predicted molar refractivity (Wildman–Crippen MR) is 104 cm³/mol. The first-order chi connectivity index (χ1) is 13.1. The van der Waals surface area contributed by atoms with Gasteiger partial charge in [-0.25, -0.2) is 9.59 Å². The molecule has 0 bridgehead atoms. The van der Waals surface area contributed by atoms with Crippen molar-refractivity contribution < 1.29 is 24.2 Å². The minimum atomic E-state index is -1.20. The van der Waals surface area contributed by atoms with Crippen LogP contribution in [0.15, 0.2) is 54.6 Å². The van der Waals surface area contributed by atoms with Crippen molar-refractivity contribution in [1.29, 1.82) is 0 Å². The van der Waals surface area contributed by atoms with Crippen molar-refractivity contribution in [2.75, 3.05) is 0 Å². The number of ether oxygens (including phenoxy) is 1. The SMILES string of the molecule is CC(C)(C)OC(=O)C(N)c1cccc(C(=O)N[C@@H](C(=O)O)c2ccccc2)c1. The lowest BCUT2D eigenvalue weighted by atomic mass is 10.0. The van der Waals surface area contributed by atoms with Gasteiger partial charge in [-0.2, -0.15) is 0 Å². The first-order valence-corrected chi connectivity index (χ1v) is 8.75. The number of benzene rings is 2. The Morgan fingerprint density at radius 1 is 1.00 bits per heavy atom. The van der Waals surface area contributed by atoms with E-state index in [1.807, 2.05) is 0 Å². The number of aliphatic carboxylic acids is 1. The average Bonchev–Trinajstić information content (AvgIpc) is 2.64. The highest BCUT2D eigenvalue weighted by Gasteiger charge is 2.25. The average molecular weight is 384 g/mol. The Bertz CT molecular complexity index is 859. The van der Waals surface area contributed by atoms with Crippen LogP contribution in [0.1, 0.15) is 54.3 Å². The van der Waals surface area contributed by atoms with Crippen LogP contribution in [0.5, 0.6) is 0 Å². The van der Waals surface area contributed by atoms with Crippen LogP contribution >= 0.6 is 0 Å². The normalized spacial score (nSPS) is 13.3. The van der Waals surface area contributed by atoms with Gasteiger partial charge in [-0.15, -0.1) is 0 Å². The van der Waals surface area contributed by atoms with Gasteiger partial charge in [-0.1, -0.05) is 42.5 Å². The van der Waals surface area contributed by atoms with Gasteiger partial charge >= 0.3 is 11.9 Å². The van der Waals surface area contributed by atoms with Crippen LogP contribution in [0.2, 0.25) is 0 Å². The van der Waals surface area contributed by atoms with Crippen LogP contribution < -0.4 is 11.1 Å². The van der Waals surface area contributed by atoms with E-state index < -0.39 is 35.5 Å². The summed E-state index contributed by atoms with van der Waals surface area (Å²) in [4.78, 5) is 36.3. The van der Waals surface area contributed by atoms with E-state index in [0.717, 1.165) is 0 Å². The summed E-state index contributed by atoms with van der Waals surface area (Å²) >= 11 is 0. The van der Waals surface area contributed by atoms with Gasteiger partial charge in [0.25, 0.3) is 5.91 Å². The molecule has 0 fully saturated rings. The molecule has 2 aromatic carbocycles. The Hall–Kier alpha value is -3.19. The van der Waals surface area contributed by atoms with Gasteiger partial charge in [0.15, 0.2) is 6.04 Å². The van der Waals surface area contributed by atoms with E-state index in [4.69, 9.17) is 10.5 Å². The van der Waals surface area contributed by atoms with Gasteiger partial charge in [-0.3, -0.25) is 4.79 Å². The molecular weight excluding hydrogens is 360 g/mol. The molecule has 0 aliphatic rings. The third-order valence-corrected chi connectivity index (χ3v) is 3.82. The second-order valence-corrected chi connectivity index (χ2v) is 7.29. The maximum atomic E-state index is 12.6. The third-order valence-electron chi connectivity index (χ3n) is 3.82. The van der Waals surface area contributed by atoms with Gasteiger partial charge in [0, 0.05) is 5.56 Å². The maximum absolute atomic E-state index is 12.6. The lowest BCUT2D eigenvalue weighted by Gasteiger charge is -2.22. The number of esters is 1. The van der Waals surface area contributed by atoms with Crippen LogP contribution in [0, 0.1) is 0 Å². The van der Waals surface area contributed by atoms with E-state index in [-0.39, 0.29) is 5.56 Å². The zero-order chi connectivity index (χ0) is 20.9. The predicted octanol–water partition coefficient (Wildman–Crippen LogP) is 2.58. The van der Waals surface area contributed by atoms with Crippen LogP contribution in [-0.4, -0.2) is 28.6 Å². The molecule has 0 radical (unpaired) electrons. The molecule has 2 rings (SSSR count). The summed E-state index contributed by atoms with van der Waals surface area (Å²) in [6.07, 6.45) is 0. The number of rotatable bonds is 6. The minimum Gasteiger partial charge on any atom is -0.479 e. The standard InChI is InChI=1S/C21H24N2O5/c1-21(2,3)28-20(27)16(22)14-10-7-11-15(12-14)18(24)23-17(19(25)26)13-8-5-4-6-9-13/h4-12,16-17H,22H2,1-3H3,(H,23,24)(H,25,26)/t16?,17-/m1/s1. The van der Waals surface area contributed by atoms with Crippen molar-refractivity contribution in [2.24, 2.45) is 5.73 Å². The number of carbonyl (C=O) groups excluding carboxylic acids is 2. The number of carbonyl (C=O) groups is 3. The summed E-state index contributed by atoms with van der Waals surface area (Å²) in [5, 5.41) is 11.9. The molecule has 0 heterocycles. The Morgan fingerprint density at radius 2 is 1.61 bits per heavy atom. The van der Waals surface area contributed by atoms with Gasteiger partial charge < -0.3 is 20.9 Å². The number of nitrogens with one attached hydrogen (secondary N) is 1. The van der Waals surface area contributed by atoms with Crippen molar-refractivity contribution in [3.63, 3.8) is 0 Å². The highest BCUT2D eigenvalue weighted by molar-refractivity contribution is 5.97. The molecule has 1 unspecified atom stereocenters. The van der Waals surface area contributed by atoms with Crippen molar-refractivity contribution in [2.45, 2.75) is 38.5 Å². The Balaban J connectivity index is 2.19. The quantitative estimate of drug-likeness (QED) is 0.659. The number of amides is 1. The zero-order valence-electron chi connectivity index (χ0n) is 16.0. The largest absolute Gasteiger partial charge is 0.479 e. The molecule has 7 heteroatoms. The number of hydrogen-bond donors (Lipinski definition) is 3. The van der Waals surface area contributed by atoms with E-state index in [9.17, 15) is 19.5 Å². The molecule has 7 nitrogen and oxygen atoms in total. The Labute approximate surface area is 163 Å². The molecule has 28 heavy (non-hydrogen) atoms. The fourth-order valence-corrected chi connectivity index (χ4v) is 2.52. The summed E-state index contributed by atoms with van der Waals surface area (Å²) < 4.78 is 5.27. The van der Waals surface area contributed by atoms with Gasteiger partial charge in [-0.05, 0) is 44.0 Å². The number of carboxylic acid groups (broad SMARTS) is 1. The second kappa shape index (κ2) is 8.67. The van der Waals surface area contributed by atoms with E-state index in [0.29, 0.717) is 11.1 Å². The molecule has 0 saturated carbocycles. The second-order valence-electron chi connectivity index (χ2n) is 7.29. The van der Waals surface area contributed by atoms with Crippen molar-refractivity contribution in [3.05, 3.63) is 71.3 Å². The fourth-order valence-electron chi connectivity index (χ4n) is 2.52. The lowest BCUT2D eigenvalue weighted by Crippen LogP contribution is -2.34. The summed E-state index contributed by atoms with van der Waals surface area (Å²) in [5.74, 6) is -2.38. The van der Waals surface area contributed by atoms with E-state index >= 15 is 0 Å². The molecule has 148 valence electrons. The first-order valence-electron chi connectivity index (χ1n) is 8.75. The summed E-state index contributed by atoms with van der Waals surface area (Å²) in [6, 6.07) is 12.3. The summed E-state index contributed by atoms with van der Waals surface area (Å²) in [7, 11) is 0. The lowest BCUT2D eigenvalue weighted by molar-refractivity contribution is -0.156. The molecule has 0 aliphatic carbocycles. The Kier molecular flexibility index (Phi) is 6.53. The van der Waals surface area contributed by atoms with Gasteiger partial charge in [0.2, 0.25) is 0 Å². The van der Waals surface area contributed by atoms with E-state index in [2.05, 4.69) is 5.32 Å². The van der Waals surface area contributed by atoms with E-state index in [1.165, 1.54) is 12.1 Å². The molecular formula is C21H24N2O5. The van der Waals surface area contributed by atoms with E-state index in [1.54, 1.807) is 63.2 Å². The van der Waals surface area contributed by atoms with Gasteiger partial charge in [0.05, 0.1) is 0 Å². The Morgan fingerprint density at radius 3 is 2.18 bits per heavy atom. The maximum Gasteiger partial charge on any atom is 0.330 e. The summed E-state index contributed by atoms with van der Waals surface area (Å²) in [5.41, 5.74) is 6.31. The van der Waals surface area contributed by atoms with Crippen LogP contribution in [0.3, 0.4) is 0 Å². The summed E-state index contributed by atoms with van der Waals surface area (Å²) in [6.45, 7) is 5.20. The molecule has 1 amide bonds. The van der Waals surface area contributed by atoms with Crippen LogP contribution in [-0.2, 0) is 14.3 Å². The molecule has 2 aromatic rings. The van der Waals surface area contributed by atoms with Gasteiger partial charge in [0.1, 0.15) is 11.6 Å². The topological polar surface area (TPSA) is 119 Å². The van der Waals surface area contributed by atoms with Crippen LogP contribution in [0.25, 0.3) is 0 Å². The van der Waals surface area contributed by atoms with Crippen molar-refractivity contribution >= 4 is 17.8 Å². The molecule has 0 spiro atoms. The molecule has 0 saturated heterocycles. The highest BCUT2D eigenvalue weighted by Crippen LogP contribution is 2.19. The minimum absolute atomic E-state index is 0.193. The monoisotopic (exact) mass is 384 g/mol. The van der Waals surface area contributed by atoms with Crippen molar-refractivity contribution in [3.8, 4) is 0 Å². The number of nitrogens with two attached hydrogens (primary N) is 1. The number of hydrogen-bond acceptors (Lipinski definition) is 5. The smallest absolute Gasteiger partial charge is 0.330 e. The number of carboxylic acids is 1. The molecule has 4 N–H and O–H groups in total. The molecule has 0 aliphatic heterocycles. The third kappa shape index (κ3) is 5.65. The fraction of sp³-hybridized carbons (Fsp3) is 0.286. The van der Waals surface area contributed by atoms with Crippen molar-refractivity contribution in [1.82, 2.24) is 5.32 Å².